The maximum Gasteiger partial charge on any atom is 0.274 e. The fraction of sp³-hybridized carbons (Fsp3) is 0.150. The van der Waals surface area contributed by atoms with Gasteiger partial charge in [0.15, 0.2) is 0 Å². The summed E-state index contributed by atoms with van der Waals surface area (Å²) in [5.41, 5.74) is 1.43. The lowest BCUT2D eigenvalue weighted by molar-refractivity contribution is 0.102. The summed E-state index contributed by atoms with van der Waals surface area (Å²) in [6.07, 6.45) is 0.500. The van der Waals surface area contributed by atoms with Gasteiger partial charge in [0.2, 0.25) is 0 Å². The molecule has 1 aromatic heterocycles. The van der Waals surface area contributed by atoms with Crippen molar-refractivity contribution in [2.45, 2.75) is 13.3 Å². The second-order valence-corrected chi connectivity index (χ2v) is 6.35. The van der Waals surface area contributed by atoms with Gasteiger partial charge in [-0.3, -0.25) is 4.79 Å². The molecule has 1 amide bonds. The predicted octanol–water partition coefficient (Wildman–Crippen LogP) is 4.48. The van der Waals surface area contributed by atoms with E-state index in [1.807, 2.05) is 0 Å². The second kappa shape index (κ2) is 8.60. The van der Waals surface area contributed by atoms with E-state index in [1.165, 1.54) is 6.07 Å². The number of rotatable bonds is 6. The fourth-order valence-electron chi connectivity index (χ4n) is 2.56. The van der Waals surface area contributed by atoms with Crippen molar-refractivity contribution in [2.75, 3.05) is 17.2 Å². The van der Waals surface area contributed by atoms with Crippen LogP contribution in [0.2, 0.25) is 5.02 Å². The Bertz CT molecular complexity index is 964. The van der Waals surface area contributed by atoms with E-state index in [0.29, 0.717) is 40.9 Å². The number of hydrogen-bond donors (Lipinski definition) is 2. The van der Waals surface area contributed by atoms with Gasteiger partial charge in [0.05, 0.1) is 0 Å². The first-order valence-electron chi connectivity index (χ1n) is 8.41. The van der Waals surface area contributed by atoms with Crippen LogP contribution in [0.3, 0.4) is 0 Å². The summed E-state index contributed by atoms with van der Waals surface area (Å²) < 4.78 is 13.7. The maximum absolute atomic E-state index is 13.7. The molecule has 0 aliphatic heterocycles. The van der Waals surface area contributed by atoms with Crippen molar-refractivity contribution in [3.05, 3.63) is 82.5 Å². The average molecular weight is 385 g/mol. The molecule has 0 saturated carbocycles. The molecule has 0 aliphatic carbocycles. The summed E-state index contributed by atoms with van der Waals surface area (Å²) in [6, 6.07) is 15.1. The molecule has 0 atom stereocenters. The number of carbonyl (C=O) groups is 1. The Labute approximate surface area is 161 Å². The number of benzene rings is 2. The highest BCUT2D eigenvalue weighted by atomic mass is 35.5. The van der Waals surface area contributed by atoms with Crippen LogP contribution in [0.5, 0.6) is 0 Å². The van der Waals surface area contributed by atoms with Crippen LogP contribution in [-0.2, 0) is 6.42 Å². The van der Waals surface area contributed by atoms with Gasteiger partial charge in [0.25, 0.3) is 5.91 Å². The van der Waals surface area contributed by atoms with Crippen LogP contribution in [0, 0.1) is 12.7 Å². The summed E-state index contributed by atoms with van der Waals surface area (Å²) >= 11 is 5.93. The molecule has 2 aromatic carbocycles. The molecule has 7 heteroatoms. The zero-order valence-electron chi connectivity index (χ0n) is 14.7. The minimum atomic E-state index is -0.361. The zero-order valence-corrected chi connectivity index (χ0v) is 15.4. The van der Waals surface area contributed by atoms with E-state index < -0.39 is 0 Å². The van der Waals surface area contributed by atoms with Crippen molar-refractivity contribution in [3.8, 4) is 0 Å². The number of carbonyl (C=O) groups excluding carboxylic acids is 1. The lowest BCUT2D eigenvalue weighted by Crippen LogP contribution is -2.16. The van der Waals surface area contributed by atoms with E-state index in [1.54, 1.807) is 55.5 Å². The molecule has 27 heavy (non-hydrogen) atoms. The summed E-state index contributed by atoms with van der Waals surface area (Å²) in [6.45, 7) is 2.19. The van der Waals surface area contributed by atoms with Crippen LogP contribution >= 0.6 is 11.6 Å². The van der Waals surface area contributed by atoms with Crippen LogP contribution in [0.15, 0.2) is 54.6 Å². The van der Waals surface area contributed by atoms with E-state index in [2.05, 4.69) is 20.6 Å². The Morgan fingerprint density at radius 1 is 1.11 bits per heavy atom. The summed E-state index contributed by atoms with van der Waals surface area (Å²) in [4.78, 5) is 20.9. The van der Waals surface area contributed by atoms with Crippen LogP contribution in [0.4, 0.5) is 15.9 Å². The number of amides is 1. The minimum Gasteiger partial charge on any atom is -0.370 e. The molecule has 0 bridgehead atoms. The molecule has 0 fully saturated rings. The Hall–Kier alpha value is -2.99. The topological polar surface area (TPSA) is 66.9 Å². The first kappa shape index (κ1) is 18.8. The van der Waals surface area contributed by atoms with Gasteiger partial charge in [0, 0.05) is 23.3 Å². The lowest BCUT2D eigenvalue weighted by Gasteiger charge is -2.10. The van der Waals surface area contributed by atoms with Crippen LogP contribution in [0.25, 0.3) is 0 Å². The van der Waals surface area contributed by atoms with Crippen molar-refractivity contribution in [1.29, 1.82) is 0 Å². The number of nitrogens with one attached hydrogen (secondary N) is 2. The third-order valence-electron chi connectivity index (χ3n) is 3.81. The molecule has 1 heterocycles. The molecule has 0 saturated heterocycles. The second-order valence-electron chi connectivity index (χ2n) is 5.92. The SMILES string of the molecule is Cc1nc(NCCc2ccccc2F)cc(C(=O)Nc2cccc(Cl)c2)n1. The van der Waals surface area contributed by atoms with Crippen molar-refractivity contribution >= 4 is 29.0 Å². The third-order valence-corrected chi connectivity index (χ3v) is 4.05. The van der Waals surface area contributed by atoms with Gasteiger partial charge in [-0.2, -0.15) is 0 Å². The molecule has 3 rings (SSSR count). The summed E-state index contributed by atoms with van der Waals surface area (Å²) in [7, 11) is 0. The van der Waals surface area contributed by atoms with Gasteiger partial charge < -0.3 is 10.6 Å². The van der Waals surface area contributed by atoms with Gasteiger partial charge >= 0.3 is 0 Å². The van der Waals surface area contributed by atoms with Gasteiger partial charge in [0.1, 0.15) is 23.2 Å². The molecule has 0 aliphatic rings. The standard InChI is InChI=1S/C20H18ClFN4O/c1-13-24-18(20(27)26-16-7-4-6-15(21)11-16)12-19(25-13)23-10-9-14-5-2-3-8-17(14)22/h2-8,11-12H,9-10H2,1H3,(H,26,27)(H,23,24,25). The summed E-state index contributed by atoms with van der Waals surface area (Å²) in [5, 5.41) is 6.39. The van der Waals surface area contributed by atoms with Gasteiger partial charge in [-0.05, 0) is 43.2 Å². The fourth-order valence-corrected chi connectivity index (χ4v) is 2.75. The zero-order chi connectivity index (χ0) is 19.2. The molecular formula is C20H18ClFN4O. The molecule has 2 N–H and O–H groups in total. The quantitative estimate of drug-likeness (QED) is 0.657. The van der Waals surface area contributed by atoms with E-state index in [-0.39, 0.29) is 17.4 Å². The Morgan fingerprint density at radius 2 is 1.93 bits per heavy atom. The number of halogens is 2. The molecule has 0 unspecified atom stereocenters. The monoisotopic (exact) mass is 384 g/mol. The number of nitrogens with zero attached hydrogens (tertiary/aromatic N) is 2. The Kier molecular flexibility index (Phi) is 5.98. The van der Waals surface area contributed by atoms with E-state index in [0.717, 1.165) is 0 Å². The Balaban J connectivity index is 1.66. The van der Waals surface area contributed by atoms with Crippen molar-refractivity contribution in [3.63, 3.8) is 0 Å². The van der Waals surface area contributed by atoms with Crippen LogP contribution < -0.4 is 10.6 Å². The summed E-state index contributed by atoms with van der Waals surface area (Å²) in [5.74, 6) is 0.372. The molecule has 5 nitrogen and oxygen atoms in total. The van der Waals surface area contributed by atoms with E-state index in [9.17, 15) is 9.18 Å². The molecule has 3 aromatic rings. The van der Waals surface area contributed by atoms with E-state index >= 15 is 0 Å². The molecule has 0 spiro atoms. The first-order chi connectivity index (χ1) is 13.0. The molecular weight excluding hydrogens is 367 g/mol. The van der Waals surface area contributed by atoms with Crippen molar-refractivity contribution in [2.24, 2.45) is 0 Å². The van der Waals surface area contributed by atoms with Crippen LogP contribution in [-0.4, -0.2) is 22.4 Å². The predicted molar refractivity (Wildman–Crippen MR) is 105 cm³/mol. The number of hydrogen-bond acceptors (Lipinski definition) is 4. The molecule has 138 valence electrons. The highest BCUT2D eigenvalue weighted by Crippen LogP contribution is 2.16. The van der Waals surface area contributed by atoms with Gasteiger partial charge in [-0.25, -0.2) is 14.4 Å². The third kappa shape index (κ3) is 5.24. The van der Waals surface area contributed by atoms with Crippen molar-refractivity contribution < 1.29 is 9.18 Å². The number of aryl methyl sites for hydroxylation is 1. The maximum atomic E-state index is 13.7. The average Bonchev–Trinajstić information content (AvgIpc) is 2.63. The minimum absolute atomic E-state index is 0.232. The van der Waals surface area contributed by atoms with Crippen LogP contribution in [0.1, 0.15) is 21.9 Å². The van der Waals surface area contributed by atoms with Gasteiger partial charge in [-0.15, -0.1) is 0 Å². The molecule has 0 radical (unpaired) electrons. The lowest BCUT2D eigenvalue weighted by atomic mass is 10.1. The van der Waals surface area contributed by atoms with Crippen molar-refractivity contribution in [1.82, 2.24) is 9.97 Å². The normalized spacial score (nSPS) is 10.5. The largest absolute Gasteiger partial charge is 0.370 e. The Morgan fingerprint density at radius 3 is 2.70 bits per heavy atom. The first-order valence-corrected chi connectivity index (χ1v) is 8.79. The van der Waals surface area contributed by atoms with E-state index in [4.69, 9.17) is 11.6 Å². The van der Waals surface area contributed by atoms with Gasteiger partial charge in [-0.1, -0.05) is 35.9 Å². The number of anilines is 2. The smallest absolute Gasteiger partial charge is 0.274 e. The highest BCUT2D eigenvalue weighted by Gasteiger charge is 2.11. The number of aromatic nitrogens is 2. The highest BCUT2D eigenvalue weighted by molar-refractivity contribution is 6.30.